The second-order valence-corrected chi connectivity index (χ2v) is 5.92. The smallest absolute Gasteiger partial charge is 0.139 e. The molecule has 0 aromatic heterocycles. The van der Waals surface area contributed by atoms with Gasteiger partial charge in [-0.2, -0.15) is 0 Å². The molecule has 0 saturated carbocycles. The Morgan fingerprint density at radius 1 is 1.00 bits per heavy atom. The Morgan fingerprint density at radius 3 is 2.17 bits per heavy atom. The van der Waals surface area contributed by atoms with Crippen molar-refractivity contribution in [1.29, 1.82) is 0 Å². The van der Waals surface area contributed by atoms with Crippen molar-refractivity contribution in [3.63, 3.8) is 0 Å². The third kappa shape index (κ3) is 3.43. The molecule has 0 heterocycles. The summed E-state index contributed by atoms with van der Waals surface area (Å²) < 4.78 is 14.0. The monoisotopic (exact) mass is 304 g/mol. The number of halogens is 1. The SMILES string of the molecule is C#Cc1ccc(/C(C)=C(/C(=C)C)c2ccc(C)c(C)c2)cc1F. The van der Waals surface area contributed by atoms with E-state index in [9.17, 15) is 4.39 Å². The highest BCUT2D eigenvalue weighted by molar-refractivity contribution is 5.97. The second kappa shape index (κ2) is 6.67. The zero-order valence-electron chi connectivity index (χ0n) is 14.1. The highest BCUT2D eigenvalue weighted by Crippen LogP contribution is 2.32. The molecule has 0 aliphatic rings. The highest BCUT2D eigenvalue weighted by Gasteiger charge is 2.11. The van der Waals surface area contributed by atoms with Gasteiger partial charge >= 0.3 is 0 Å². The summed E-state index contributed by atoms with van der Waals surface area (Å²) in [6.45, 7) is 12.2. The Balaban J connectivity index is 2.65. The maximum Gasteiger partial charge on any atom is 0.139 e. The lowest BCUT2D eigenvalue weighted by Gasteiger charge is -2.15. The summed E-state index contributed by atoms with van der Waals surface area (Å²) >= 11 is 0. The van der Waals surface area contributed by atoms with Gasteiger partial charge in [-0.15, -0.1) is 6.42 Å². The molecule has 0 aliphatic heterocycles. The topological polar surface area (TPSA) is 0 Å². The fraction of sp³-hybridized carbons (Fsp3) is 0.182. The fourth-order valence-electron chi connectivity index (χ4n) is 2.69. The van der Waals surface area contributed by atoms with Gasteiger partial charge in [0, 0.05) is 0 Å². The zero-order valence-corrected chi connectivity index (χ0v) is 14.1. The first-order chi connectivity index (χ1) is 10.8. The standard InChI is InChI=1S/C22H21F/c1-7-18-10-11-19(13-21(18)23)17(6)22(14(2)3)20-9-8-15(4)16(5)12-20/h1,8-13H,2H2,3-6H3/b22-17-. The van der Waals surface area contributed by atoms with Crippen molar-refractivity contribution < 1.29 is 4.39 Å². The Kier molecular flexibility index (Phi) is 4.86. The van der Waals surface area contributed by atoms with Gasteiger partial charge in [0.1, 0.15) is 5.82 Å². The highest BCUT2D eigenvalue weighted by atomic mass is 19.1. The molecule has 0 unspecified atom stereocenters. The van der Waals surface area contributed by atoms with Crippen LogP contribution in [0.4, 0.5) is 4.39 Å². The minimum absolute atomic E-state index is 0.282. The van der Waals surface area contributed by atoms with Crippen LogP contribution in [0.5, 0.6) is 0 Å². The van der Waals surface area contributed by atoms with Crippen LogP contribution in [0.3, 0.4) is 0 Å². The molecule has 0 bridgehead atoms. The van der Waals surface area contributed by atoms with Gasteiger partial charge in [0.2, 0.25) is 0 Å². The second-order valence-electron chi connectivity index (χ2n) is 5.92. The molecule has 0 N–H and O–H groups in total. The van der Waals surface area contributed by atoms with E-state index in [0.29, 0.717) is 0 Å². The van der Waals surface area contributed by atoms with Crippen LogP contribution in [0.15, 0.2) is 48.6 Å². The van der Waals surface area contributed by atoms with Crippen LogP contribution in [-0.2, 0) is 0 Å². The molecule has 0 saturated heterocycles. The molecule has 1 heteroatoms. The van der Waals surface area contributed by atoms with Crippen LogP contribution in [0.2, 0.25) is 0 Å². The van der Waals surface area contributed by atoms with Crippen molar-refractivity contribution >= 4 is 11.1 Å². The van der Waals surface area contributed by atoms with E-state index in [0.717, 1.165) is 27.8 Å². The zero-order chi connectivity index (χ0) is 17.1. The lowest BCUT2D eigenvalue weighted by molar-refractivity contribution is 0.624. The van der Waals surface area contributed by atoms with Gasteiger partial charge in [0.05, 0.1) is 5.56 Å². The van der Waals surface area contributed by atoms with E-state index in [2.05, 4.69) is 44.5 Å². The van der Waals surface area contributed by atoms with Gasteiger partial charge in [0.25, 0.3) is 0 Å². The van der Waals surface area contributed by atoms with E-state index in [4.69, 9.17) is 6.42 Å². The average Bonchev–Trinajstić information content (AvgIpc) is 2.50. The van der Waals surface area contributed by atoms with Crippen molar-refractivity contribution in [2.75, 3.05) is 0 Å². The lowest BCUT2D eigenvalue weighted by Crippen LogP contribution is -1.95. The van der Waals surface area contributed by atoms with Crippen molar-refractivity contribution in [3.8, 4) is 12.3 Å². The van der Waals surface area contributed by atoms with Gasteiger partial charge < -0.3 is 0 Å². The first-order valence-corrected chi connectivity index (χ1v) is 7.56. The van der Waals surface area contributed by atoms with Crippen molar-refractivity contribution in [3.05, 3.63) is 82.2 Å². The number of terminal acetylenes is 1. The summed E-state index contributed by atoms with van der Waals surface area (Å²) in [5.74, 6) is 1.98. The molecule has 0 fully saturated rings. The molecule has 23 heavy (non-hydrogen) atoms. The molecule has 0 spiro atoms. The average molecular weight is 304 g/mol. The van der Waals surface area contributed by atoms with E-state index in [1.165, 1.54) is 17.2 Å². The van der Waals surface area contributed by atoms with Crippen LogP contribution < -0.4 is 0 Å². The van der Waals surface area contributed by atoms with Gasteiger partial charge in [-0.3, -0.25) is 0 Å². The number of allylic oxidation sites excluding steroid dienone is 3. The summed E-state index contributed by atoms with van der Waals surface area (Å²) in [5, 5.41) is 0. The first-order valence-electron chi connectivity index (χ1n) is 7.56. The van der Waals surface area contributed by atoms with Crippen molar-refractivity contribution in [1.82, 2.24) is 0 Å². The summed E-state index contributed by atoms with van der Waals surface area (Å²) in [7, 11) is 0. The molecule has 0 radical (unpaired) electrons. The van der Waals surface area contributed by atoms with Gasteiger partial charge in [0.15, 0.2) is 0 Å². The number of benzene rings is 2. The molecule has 0 atom stereocenters. The van der Waals surface area contributed by atoms with Crippen LogP contribution in [0, 0.1) is 32.0 Å². The number of rotatable bonds is 3. The summed E-state index contributed by atoms with van der Waals surface area (Å²) in [5.41, 5.74) is 7.65. The summed E-state index contributed by atoms with van der Waals surface area (Å²) in [4.78, 5) is 0. The van der Waals surface area contributed by atoms with E-state index in [-0.39, 0.29) is 11.4 Å². The fourth-order valence-corrected chi connectivity index (χ4v) is 2.69. The molecular weight excluding hydrogens is 283 g/mol. The molecule has 0 amide bonds. The Labute approximate surface area is 138 Å². The first kappa shape index (κ1) is 16.8. The summed E-state index contributed by atoms with van der Waals surface area (Å²) in [6.07, 6.45) is 5.29. The third-order valence-electron chi connectivity index (χ3n) is 4.15. The third-order valence-corrected chi connectivity index (χ3v) is 4.15. The molecule has 0 aliphatic carbocycles. The lowest BCUT2D eigenvalue weighted by atomic mass is 9.90. The van der Waals surface area contributed by atoms with Gasteiger partial charge in [-0.1, -0.05) is 42.3 Å². The minimum Gasteiger partial charge on any atom is -0.206 e. The molecule has 2 aromatic rings. The number of aryl methyl sites for hydroxylation is 2. The van der Waals surface area contributed by atoms with Crippen molar-refractivity contribution in [2.45, 2.75) is 27.7 Å². The van der Waals surface area contributed by atoms with Crippen LogP contribution >= 0.6 is 0 Å². The molecule has 2 rings (SSSR count). The maximum absolute atomic E-state index is 14.0. The predicted molar refractivity (Wildman–Crippen MR) is 97.6 cm³/mol. The number of hydrogen-bond donors (Lipinski definition) is 0. The van der Waals surface area contributed by atoms with Gasteiger partial charge in [-0.25, -0.2) is 4.39 Å². The Morgan fingerprint density at radius 2 is 1.65 bits per heavy atom. The molecule has 116 valence electrons. The van der Waals surface area contributed by atoms with E-state index in [1.54, 1.807) is 6.07 Å². The molecular formula is C22H21F. The van der Waals surface area contributed by atoms with Crippen LogP contribution in [0.1, 0.15) is 41.7 Å². The quantitative estimate of drug-likeness (QED) is 0.374. The van der Waals surface area contributed by atoms with Crippen molar-refractivity contribution in [2.24, 2.45) is 0 Å². The van der Waals surface area contributed by atoms with Crippen LogP contribution in [0.25, 0.3) is 11.1 Å². The van der Waals surface area contributed by atoms with E-state index in [1.807, 2.05) is 19.9 Å². The number of hydrogen-bond acceptors (Lipinski definition) is 0. The maximum atomic E-state index is 14.0. The molecule has 2 aromatic carbocycles. The molecule has 0 nitrogen and oxygen atoms in total. The van der Waals surface area contributed by atoms with E-state index < -0.39 is 0 Å². The van der Waals surface area contributed by atoms with E-state index >= 15 is 0 Å². The Hall–Kier alpha value is -2.59. The largest absolute Gasteiger partial charge is 0.206 e. The van der Waals surface area contributed by atoms with Gasteiger partial charge in [-0.05, 0) is 73.2 Å². The Bertz CT molecular complexity index is 845. The summed E-state index contributed by atoms with van der Waals surface area (Å²) in [6, 6.07) is 11.3. The van der Waals surface area contributed by atoms with Crippen LogP contribution in [-0.4, -0.2) is 0 Å². The normalized spacial score (nSPS) is 11.7. The predicted octanol–water partition coefficient (Wildman–Crippen LogP) is 5.93. The minimum atomic E-state index is -0.370.